The van der Waals surface area contributed by atoms with Crippen molar-refractivity contribution in [1.82, 2.24) is 19.6 Å². The molecule has 0 saturated heterocycles. The van der Waals surface area contributed by atoms with Gasteiger partial charge >= 0.3 is 0 Å². The highest BCUT2D eigenvalue weighted by atomic mass is 79.9. The van der Waals surface area contributed by atoms with Gasteiger partial charge in [-0.2, -0.15) is 5.10 Å². The lowest BCUT2D eigenvalue weighted by Gasteiger charge is -2.26. The van der Waals surface area contributed by atoms with Crippen LogP contribution in [0.2, 0.25) is 0 Å². The summed E-state index contributed by atoms with van der Waals surface area (Å²) < 4.78 is 2.92. The lowest BCUT2D eigenvalue weighted by atomic mass is 10.2. The van der Waals surface area contributed by atoms with Gasteiger partial charge in [0.05, 0.1) is 30.2 Å². The highest BCUT2D eigenvalue weighted by molar-refractivity contribution is 9.11. The number of carbonyl (C=O) groups is 1. The van der Waals surface area contributed by atoms with Crippen LogP contribution in [0.5, 0.6) is 0 Å². The molecular weight excluding hydrogens is 346 g/mol. The monoisotopic (exact) mass is 363 g/mol. The first-order valence-corrected chi connectivity index (χ1v) is 7.84. The summed E-state index contributed by atoms with van der Waals surface area (Å²) in [5.74, 6) is 0.865. The zero-order valence-corrected chi connectivity index (χ0v) is 14.2. The minimum atomic E-state index is 0.0982. The number of aromatic nitrogens is 2. The zero-order valence-electron chi connectivity index (χ0n) is 12.6. The molecule has 1 aromatic rings. The Bertz CT molecular complexity index is 703. The number of fused-ring (bicyclic) bond motifs is 1. The fourth-order valence-electron chi connectivity index (χ4n) is 2.55. The van der Waals surface area contributed by atoms with Crippen LogP contribution in [-0.2, 0) is 17.9 Å². The molecule has 116 valence electrons. The van der Waals surface area contributed by atoms with Crippen LogP contribution in [0.3, 0.4) is 0 Å². The van der Waals surface area contributed by atoms with Gasteiger partial charge in [0.25, 0.3) is 0 Å². The molecule has 6 nitrogen and oxygen atoms in total. The number of carbonyl (C=O) groups excluding carboxylic acids is 1. The average Bonchev–Trinajstić information content (AvgIpc) is 2.85. The Labute approximate surface area is 137 Å². The van der Waals surface area contributed by atoms with Crippen molar-refractivity contribution in [2.24, 2.45) is 0 Å². The number of anilines is 1. The van der Waals surface area contributed by atoms with Crippen LogP contribution >= 0.6 is 15.9 Å². The van der Waals surface area contributed by atoms with Gasteiger partial charge in [0.2, 0.25) is 5.91 Å². The second kappa shape index (κ2) is 5.64. The predicted octanol–water partition coefficient (Wildman–Crippen LogP) is 2.24. The predicted molar refractivity (Wildman–Crippen MR) is 88.9 cm³/mol. The van der Waals surface area contributed by atoms with Gasteiger partial charge in [0.15, 0.2) is 5.82 Å². The van der Waals surface area contributed by atoms with Gasteiger partial charge in [-0.05, 0) is 22.0 Å². The van der Waals surface area contributed by atoms with E-state index in [1.807, 2.05) is 39.9 Å². The highest BCUT2D eigenvalue weighted by Crippen LogP contribution is 2.26. The van der Waals surface area contributed by atoms with Gasteiger partial charge in [-0.25, -0.2) is 0 Å². The number of halogens is 1. The minimum absolute atomic E-state index is 0.0982. The molecule has 0 saturated carbocycles. The van der Waals surface area contributed by atoms with Gasteiger partial charge in [0, 0.05) is 37.3 Å². The topological polar surface area (TPSA) is 53.4 Å². The van der Waals surface area contributed by atoms with Gasteiger partial charge in [-0.1, -0.05) is 6.58 Å². The molecule has 1 aromatic heterocycles. The first-order chi connectivity index (χ1) is 10.4. The summed E-state index contributed by atoms with van der Waals surface area (Å²) in [6.07, 6.45) is 3.93. The Hall–Kier alpha value is -2.02. The van der Waals surface area contributed by atoms with Crippen molar-refractivity contribution in [2.75, 3.05) is 18.9 Å². The van der Waals surface area contributed by atoms with Crippen LogP contribution in [0.15, 0.2) is 40.8 Å². The molecule has 0 atom stereocenters. The van der Waals surface area contributed by atoms with Crippen LogP contribution in [0.4, 0.5) is 5.82 Å². The van der Waals surface area contributed by atoms with Crippen molar-refractivity contribution in [1.29, 1.82) is 0 Å². The minimum Gasteiger partial charge on any atom is -0.349 e. The number of amides is 1. The number of likely N-dealkylation sites (N-methyl/N-ethyl adjacent to an activating group) is 1. The van der Waals surface area contributed by atoms with E-state index >= 15 is 0 Å². The van der Waals surface area contributed by atoms with Crippen molar-refractivity contribution in [3.8, 4) is 0 Å². The molecule has 0 radical (unpaired) electrons. The summed E-state index contributed by atoms with van der Waals surface area (Å²) in [7, 11) is 1.95. The van der Waals surface area contributed by atoms with Crippen LogP contribution in [0, 0.1) is 0 Å². The molecule has 0 unspecified atom stereocenters. The molecule has 2 aliphatic heterocycles. The lowest BCUT2D eigenvalue weighted by molar-refractivity contribution is -0.130. The number of nitrogens with zero attached hydrogens (tertiary/aromatic N) is 4. The fourth-order valence-corrected chi connectivity index (χ4v) is 3.09. The SMILES string of the molecule is C=C1C(Nc2cc3n(n2)CCN(C(C)=O)C3)=CC(Br)=CN1C. The van der Waals surface area contributed by atoms with Crippen LogP contribution in [-0.4, -0.2) is 39.1 Å². The Morgan fingerprint density at radius 3 is 2.95 bits per heavy atom. The Morgan fingerprint density at radius 2 is 2.23 bits per heavy atom. The van der Waals surface area contributed by atoms with Gasteiger partial charge in [-0.3, -0.25) is 9.48 Å². The molecule has 1 N–H and O–H groups in total. The van der Waals surface area contributed by atoms with E-state index in [1.165, 1.54) is 0 Å². The summed E-state index contributed by atoms with van der Waals surface area (Å²) >= 11 is 3.48. The van der Waals surface area contributed by atoms with E-state index in [0.717, 1.165) is 33.9 Å². The van der Waals surface area contributed by atoms with Crippen molar-refractivity contribution in [2.45, 2.75) is 20.0 Å². The number of rotatable bonds is 2. The van der Waals surface area contributed by atoms with E-state index < -0.39 is 0 Å². The van der Waals surface area contributed by atoms with Gasteiger partial charge < -0.3 is 15.1 Å². The Balaban J connectivity index is 1.79. The molecule has 2 aliphatic rings. The maximum absolute atomic E-state index is 11.5. The van der Waals surface area contributed by atoms with E-state index in [4.69, 9.17) is 0 Å². The van der Waals surface area contributed by atoms with E-state index in [-0.39, 0.29) is 5.91 Å². The van der Waals surface area contributed by atoms with E-state index in [1.54, 1.807) is 6.92 Å². The summed E-state index contributed by atoms with van der Waals surface area (Å²) in [5.41, 5.74) is 2.81. The molecule has 3 heterocycles. The van der Waals surface area contributed by atoms with E-state index in [2.05, 4.69) is 32.9 Å². The smallest absolute Gasteiger partial charge is 0.219 e. The maximum atomic E-state index is 11.5. The van der Waals surface area contributed by atoms with E-state index in [9.17, 15) is 4.79 Å². The molecule has 0 spiro atoms. The van der Waals surface area contributed by atoms with Crippen molar-refractivity contribution >= 4 is 27.7 Å². The molecule has 0 aliphatic carbocycles. The molecule has 0 fully saturated rings. The molecule has 7 heteroatoms. The molecular formula is C15H18BrN5O. The van der Waals surface area contributed by atoms with Crippen molar-refractivity contribution < 1.29 is 4.79 Å². The highest BCUT2D eigenvalue weighted by Gasteiger charge is 2.21. The molecule has 3 rings (SSSR count). The summed E-state index contributed by atoms with van der Waals surface area (Å²) in [5, 5.41) is 7.86. The standard InChI is InChI=1S/C15H18BrN5O/c1-10-14(6-12(16)8-19(10)3)17-15-7-13-9-20(11(2)22)4-5-21(13)18-15/h6-8H,1,4-5,9H2,2-3H3,(H,17,18). The quantitative estimate of drug-likeness (QED) is 0.875. The average molecular weight is 364 g/mol. The van der Waals surface area contributed by atoms with Crippen LogP contribution < -0.4 is 5.32 Å². The van der Waals surface area contributed by atoms with Crippen LogP contribution in [0.25, 0.3) is 0 Å². The molecule has 0 aromatic carbocycles. The van der Waals surface area contributed by atoms with Gasteiger partial charge in [0.1, 0.15) is 0 Å². The molecule has 22 heavy (non-hydrogen) atoms. The lowest BCUT2D eigenvalue weighted by Crippen LogP contribution is -2.36. The molecule has 0 bridgehead atoms. The summed E-state index contributed by atoms with van der Waals surface area (Å²) in [6.45, 7) is 7.70. The number of hydrogen-bond acceptors (Lipinski definition) is 4. The second-order valence-corrected chi connectivity index (χ2v) is 6.35. The van der Waals surface area contributed by atoms with Crippen molar-refractivity contribution in [3.63, 3.8) is 0 Å². The van der Waals surface area contributed by atoms with Crippen LogP contribution in [0.1, 0.15) is 12.6 Å². The number of nitrogens with one attached hydrogen (secondary N) is 1. The third-order valence-corrected chi connectivity index (χ3v) is 4.28. The second-order valence-electron chi connectivity index (χ2n) is 5.44. The zero-order chi connectivity index (χ0) is 15.9. The fraction of sp³-hybridized carbons (Fsp3) is 0.333. The Morgan fingerprint density at radius 1 is 1.45 bits per heavy atom. The normalized spacial score (nSPS) is 17.9. The number of hydrogen-bond donors (Lipinski definition) is 1. The maximum Gasteiger partial charge on any atom is 0.219 e. The summed E-state index contributed by atoms with van der Waals surface area (Å²) in [6, 6.07) is 1.98. The largest absolute Gasteiger partial charge is 0.349 e. The van der Waals surface area contributed by atoms with Crippen molar-refractivity contribution in [3.05, 3.63) is 46.5 Å². The number of allylic oxidation sites excluding steroid dienone is 2. The first-order valence-electron chi connectivity index (χ1n) is 7.04. The third kappa shape index (κ3) is 2.81. The Kier molecular flexibility index (Phi) is 3.82. The van der Waals surface area contributed by atoms with E-state index in [0.29, 0.717) is 13.1 Å². The summed E-state index contributed by atoms with van der Waals surface area (Å²) in [4.78, 5) is 15.3. The molecule has 1 amide bonds. The van der Waals surface area contributed by atoms with Gasteiger partial charge in [-0.15, -0.1) is 0 Å². The third-order valence-electron chi connectivity index (χ3n) is 3.84. The first kappa shape index (κ1) is 14.9.